The van der Waals surface area contributed by atoms with Crippen LogP contribution in [0, 0.1) is 6.57 Å². The van der Waals surface area contributed by atoms with Crippen molar-refractivity contribution in [3.05, 3.63) is 94.0 Å². The van der Waals surface area contributed by atoms with Crippen LogP contribution in [0.1, 0.15) is 58.4 Å². The van der Waals surface area contributed by atoms with Gasteiger partial charge in [0, 0.05) is 35.0 Å². The molecule has 148 valence electrons. The summed E-state index contributed by atoms with van der Waals surface area (Å²) in [4.78, 5) is 31.4. The number of anilines is 1. The Kier molecular flexibility index (Phi) is 4.22. The van der Waals surface area contributed by atoms with Crippen LogP contribution in [-0.4, -0.2) is 18.6 Å². The van der Waals surface area contributed by atoms with Crippen molar-refractivity contribution in [2.75, 3.05) is 11.9 Å². The topological polar surface area (TPSA) is 41.7 Å². The van der Waals surface area contributed by atoms with Crippen molar-refractivity contribution in [3.63, 3.8) is 0 Å². The van der Waals surface area contributed by atoms with Gasteiger partial charge in [0.25, 0.3) is 0 Å². The highest BCUT2D eigenvalue weighted by Crippen LogP contribution is 2.55. The molecule has 2 aromatic carbocycles. The van der Waals surface area contributed by atoms with Gasteiger partial charge in [-0.05, 0) is 36.6 Å². The van der Waals surface area contributed by atoms with Crippen LogP contribution in [0.25, 0.3) is 4.85 Å². The Bertz CT molecular complexity index is 1150. The summed E-state index contributed by atoms with van der Waals surface area (Å²) in [6.45, 7) is 7.42. The number of nitrogens with zero attached hydrogens (tertiary/aromatic N) is 2. The van der Waals surface area contributed by atoms with Crippen molar-refractivity contribution in [2.45, 2.75) is 37.5 Å². The largest absolute Gasteiger partial charge is 0.347 e. The lowest BCUT2D eigenvalue weighted by Crippen LogP contribution is -2.31. The first kappa shape index (κ1) is 18.6. The Hall–Kier alpha value is -3.45. The number of benzene rings is 2. The third-order valence-electron chi connectivity index (χ3n) is 6.86. The minimum absolute atomic E-state index is 0.155. The van der Waals surface area contributed by atoms with E-state index in [-0.39, 0.29) is 22.6 Å². The number of fused-ring (bicyclic) bond motifs is 3. The molecular formula is C26H22N2O2. The summed E-state index contributed by atoms with van der Waals surface area (Å²) >= 11 is 0. The molecule has 0 N–H and O–H groups in total. The van der Waals surface area contributed by atoms with Gasteiger partial charge >= 0.3 is 0 Å². The third kappa shape index (κ3) is 2.52. The molecule has 4 heteroatoms. The van der Waals surface area contributed by atoms with Gasteiger partial charge in [0.1, 0.15) is 0 Å². The lowest BCUT2D eigenvalue weighted by Gasteiger charge is -2.36. The Balaban J connectivity index is 1.63. The van der Waals surface area contributed by atoms with Gasteiger partial charge in [-0.1, -0.05) is 55.7 Å². The van der Waals surface area contributed by atoms with Crippen LogP contribution in [0.15, 0.2) is 65.9 Å². The zero-order chi connectivity index (χ0) is 20.9. The highest BCUT2D eigenvalue weighted by Gasteiger charge is 2.46. The molecule has 4 nitrogen and oxygen atoms in total. The summed E-state index contributed by atoms with van der Waals surface area (Å²) in [6, 6.07) is 12.9. The van der Waals surface area contributed by atoms with Crippen LogP contribution in [0.4, 0.5) is 11.4 Å². The van der Waals surface area contributed by atoms with E-state index in [1.807, 2.05) is 31.3 Å². The zero-order valence-corrected chi connectivity index (χ0v) is 16.9. The van der Waals surface area contributed by atoms with Crippen LogP contribution in [0.5, 0.6) is 0 Å². The van der Waals surface area contributed by atoms with E-state index < -0.39 is 0 Å². The molecule has 0 bridgehead atoms. The minimum Gasteiger partial charge on any atom is -0.347 e. The summed E-state index contributed by atoms with van der Waals surface area (Å²) in [5.41, 5.74) is 5.15. The SMILES string of the molecule is [C-]#[N+]c1ccc2c(c1)C1(CCCCC1)/C(=C\C=C1C(=O)c3ccccc3C1=O)N2C. The monoisotopic (exact) mass is 394 g/mol. The quantitative estimate of drug-likeness (QED) is 0.350. The first-order valence-corrected chi connectivity index (χ1v) is 10.4. The average molecular weight is 394 g/mol. The molecule has 1 fully saturated rings. The van der Waals surface area contributed by atoms with Gasteiger partial charge in [0.2, 0.25) is 0 Å². The summed E-state index contributed by atoms with van der Waals surface area (Å²) < 4.78 is 0. The molecule has 0 atom stereocenters. The first-order chi connectivity index (χ1) is 14.6. The fourth-order valence-electron chi connectivity index (χ4n) is 5.40. The molecule has 0 saturated heterocycles. The van der Waals surface area contributed by atoms with Crippen LogP contribution in [0.2, 0.25) is 0 Å². The van der Waals surface area contributed by atoms with Gasteiger partial charge in [0.05, 0.1) is 12.1 Å². The molecular weight excluding hydrogens is 372 g/mol. The molecule has 0 unspecified atom stereocenters. The van der Waals surface area contributed by atoms with E-state index in [2.05, 4.69) is 9.74 Å². The highest BCUT2D eigenvalue weighted by atomic mass is 16.2. The molecule has 2 aliphatic carbocycles. The number of ketones is 2. The van der Waals surface area contributed by atoms with Crippen molar-refractivity contribution in [1.82, 2.24) is 0 Å². The second-order valence-electron chi connectivity index (χ2n) is 8.35. The molecule has 1 saturated carbocycles. The molecule has 0 amide bonds. The predicted molar refractivity (Wildman–Crippen MR) is 117 cm³/mol. The van der Waals surface area contributed by atoms with Crippen LogP contribution in [0.3, 0.4) is 0 Å². The van der Waals surface area contributed by atoms with Crippen molar-refractivity contribution < 1.29 is 9.59 Å². The molecule has 0 radical (unpaired) electrons. The van der Waals surface area contributed by atoms with Crippen molar-refractivity contribution >= 4 is 22.9 Å². The summed E-state index contributed by atoms with van der Waals surface area (Å²) in [5, 5.41) is 0. The maximum atomic E-state index is 12.8. The van der Waals surface area contributed by atoms with Gasteiger partial charge in [-0.3, -0.25) is 9.59 Å². The van der Waals surface area contributed by atoms with Crippen molar-refractivity contribution in [2.24, 2.45) is 0 Å². The number of carbonyl (C=O) groups is 2. The Morgan fingerprint density at radius 1 is 0.967 bits per heavy atom. The number of allylic oxidation sites excluding steroid dienone is 4. The number of Topliss-reactive ketones (excluding diaryl/α,β-unsaturated/α-hetero) is 2. The van der Waals surface area contributed by atoms with Gasteiger partial charge in [-0.2, -0.15) is 0 Å². The molecule has 1 spiro atoms. The predicted octanol–water partition coefficient (Wildman–Crippen LogP) is 5.78. The van der Waals surface area contributed by atoms with E-state index in [9.17, 15) is 9.59 Å². The molecule has 2 aromatic rings. The van der Waals surface area contributed by atoms with Gasteiger partial charge in [-0.15, -0.1) is 0 Å². The molecule has 3 aliphatic rings. The van der Waals surface area contributed by atoms with Crippen LogP contribution >= 0.6 is 0 Å². The molecule has 30 heavy (non-hydrogen) atoms. The summed E-state index contributed by atoms with van der Waals surface area (Å²) in [6.07, 6.45) is 9.20. The number of hydrogen-bond donors (Lipinski definition) is 0. The minimum atomic E-state index is -0.196. The zero-order valence-electron chi connectivity index (χ0n) is 16.9. The lowest BCUT2D eigenvalue weighted by molar-refractivity contribution is 0.0988. The van der Waals surface area contributed by atoms with E-state index in [1.165, 1.54) is 12.0 Å². The maximum absolute atomic E-state index is 12.8. The van der Waals surface area contributed by atoms with E-state index in [0.29, 0.717) is 16.8 Å². The Labute approximate surface area is 176 Å². The van der Waals surface area contributed by atoms with E-state index in [1.54, 1.807) is 30.3 Å². The number of carbonyl (C=O) groups excluding carboxylic acids is 2. The summed E-state index contributed by atoms with van der Waals surface area (Å²) in [5.74, 6) is -0.391. The van der Waals surface area contributed by atoms with Crippen LogP contribution < -0.4 is 4.90 Å². The first-order valence-electron chi connectivity index (χ1n) is 10.4. The fourth-order valence-corrected chi connectivity index (χ4v) is 5.40. The normalized spacial score (nSPS) is 20.5. The number of likely N-dealkylation sites (N-methyl/N-ethyl adjacent to an activating group) is 1. The Morgan fingerprint density at radius 2 is 1.63 bits per heavy atom. The average Bonchev–Trinajstić information content (AvgIpc) is 3.16. The summed E-state index contributed by atoms with van der Waals surface area (Å²) in [7, 11) is 2.04. The van der Waals surface area contributed by atoms with Gasteiger partial charge < -0.3 is 4.90 Å². The van der Waals surface area contributed by atoms with Gasteiger partial charge in [-0.25, -0.2) is 4.85 Å². The van der Waals surface area contributed by atoms with Crippen molar-refractivity contribution in [3.8, 4) is 0 Å². The second kappa shape index (κ2) is 6.81. The van der Waals surface area contributed by atoms with Gasteiger partial charge in [0.15, 0.2) is 17.3 Å². The fraction of sp³-hybridized carbons (Fsp3) is 0.269. The number of rotatable bonds is 1. The highest BCUT2D eigenvalue weighted by molar-refractivity contribution is 6.39. The van der Waals surface area contributed by atoms with E-state index in [0.717, 1.165) is 37.1 Å². The third-order valence-corrected chi connectivity index (χ3v) is 6.86. The smallest absolute Gasteiger partial charge is 0.197 e. The molecule has 1 heterocycles. The molecule has 1 aliphatic heterocycles. The lowest BCUT2D eigenvalue weighted by atomic mass is 9.68. The second-order valence-corrected chi connectivity index (χ2v) is 8.35. The van der Waals surface area contributed by atoms with E-state index in [4.69, 9.17) is 6.57 Å². The van der Waals surface area contributed by atoms with Crippen molar-refractivity contribution in [1.29, 1.82) is 0 Å². The Morgan fingerprint density at radius 3 is 2.27 bits per heavy atom. The van der Waals surface area contributed by atoms with Crippen LogP contribution in [-0.2, 0) is 5.41 Å². The standard InChI is InChI=1S/C26H22N2O2/c1-27-17-10-12-22-21(16-17)26(14-6-3-7-15-26)23(28(22)2)13-11-20-24(29)18-8-4-5-9-19(18)25(20)30/h4-5,8-13,16H,3,6-7,14-15H2,2H3/b23-13+. The maximum Gasteiger partial charge on any atom is 0.197 e. The number of hydrogen-bond acceptors (Lipinski definition) is 3. The molecule has 5 rings (SSSR count). The van der Waals surface area contributed by atoms with E-state index >= 15 is 0 Å². The molecule has 0 aromatic heterocycles.